The number of carbonyl (C=O) groups is 3. The van der Waals surface area contributed by atoms with Gasteiger partial charge in [0.1, 0.15) is 5.75 Å². The number of esters is 1. The summed E-state index contributed by atoms with van der Waals surface area (Å²) in [4.78, 5) is 34.3. The van der Waals surface area contributed by atoms with Crippen LogP contribution in [-0.2, 0) is 14.3 Å². The summed E-state index contributed by atoms with van der Waals surface area (Å²) < 4.78 is 10.4. The number of ether oxygens (including phenoxy) is 2. The molecule has 0 fully saturated rings. The average molecular weight is 369 g/mol. The minimum Gasteiger partial charge on any atom is -0.483 e. The number of hydrogen-bond donors (Lipinski definition) is 2. The highest BCUT2D eigenvalue weighted by atomic mass is 16.5. The second-order valence-corrected chi connectivity index (χ2v) is 5.34. The van der Waals surface area contributed by atoms with Gasteiger partial charge in [-0.2, -0.15) is 0 Å². The number of para-hydroxylation sites is 1. The van der Waals surface area contributed by atoms with Gasteiger partial charge in [0.15, 0.2) is 6.61 Å². The first-order valence-corrected chi connectivity index (χ1v) is 8.19. The number of carboxylic acids is 1. The molecule has 0 radical (unpaired) electrons. The second kappa shape index (κ2) is 9.76. The van der Waals surface area contributed by atoms with E-state index in [1.165, 1.54) is 6.08 Å². The average Bonchev–Trinajstić information content (AvgIpc) is 2.66. The molecule has 0 atom stereocenters. The Bertz CT molecular complexity index is 842. The first-order valence-electron chi connectivity index (χ1n) is 8.19. The molecule has 2 aromatic carbocycles. The number of rotatable bonds is 8. The van der Waals surface area contributed by atoms with Crippen molar-refractivity contribution >= 4 is 29.6 Å². The molecule has 1 amide bonds. The van der Waals surface area contributed by atoms with E-state index in [1.807, 2.05) is 0 Å². The summed E-state index contributed by atoms with van der Waals surface area (Å²) in [6, 6.07) is 13.1. The molecule has 2 rings (SSSR count). The zero-order valence-corrected chi connectivity index (χ0v) is 14.7. The minimum atomic E-state index is -1.08. The molecule has 140 valence electrons. The molecule has 0 saturated carbocycles. The third-order valence-electron chi connectivity index (χ3n) is 3.36. The normalized spacial score (nSPS) is 10.4. The van der Waals surface area contributed by atoms with E-state index in [9.17, 15) is 14.4 Å². The van der Waals surface area contributed by atoms with E-state index in [2.05, 4.69) is 5.32 Å². The summed E-state index contributed by atoms with van der Waals surface area (Å²) in [5, 5.41) is 11.4. The van der Waals surface area contributed by atoms with Gasteiger partial charge in [0, 0.05) is 17.3 Å². The largest absolute Gasteiger partial charge is 0.483 e. The van der Waals surface area contributed by atoms with Gasteiger partial charge in [-0.15, -0.1) is 0 Å². The summed E-state index contributed by atoms with van der Waals surface area (Å²) in [6.07, 6.45) is 2.39. The molecule has 0 heterocycles. The first kappa shape index (κ1) is 19.7. The van der Waals surface area contributed by atoms with Gasteiger partial charge in [-0.05, 0) is 43.3 Å². The van der Waals surface area contributed by atoms with Crippen molar-refractivity contribution in [2.24, 2.45) is 0 Å². The first-order chi connectivity index (χ1) is 13.0. The Balaban J connectivity index is 1.93. The molecule has 2 aromatic rings. The lowest BCUT2D eigenvalue weighted by Crippen LogP contribution is -2.20. The van der Waals surface area contributed by atoms with E-state index in [4.69, 9.17) is 14.6 Å². The zero-order valence-electron chi connectivity index (χ0n) is 14.7. The summed E-state index contributed by atoms with van der Waals surface area (Å²) in [5.74, 6) is -1.50. The van der Waals surface area contributed by atoms with Crippen molar-refractivity contribution in [3.05, 3.63) is 65.7 Å². The van der Waals surface area contributed by atoms with Gasteiger partial charge in [0.05, 0.1) is 12.2 Å². The molecule has 0 aliphatic carbocycles. The third kappa shape index (κ3) is 6.32. The van der Waals surface area contributed by atoms with E-state index in [0.29, 0.717) is 22.6 Å². The lowest BCUT2D eigenvalue weighted by molar-refractivity contribution is -0.131. The molecule has 0 saturated heterocycles. The maximum absolute atomic E-state index is 12.0. The van der Waals surface area contributed by atoms with Gasteiger partial charge in [-0.3, -0.25) is 4.79 Å². The Morgan fingerprint density at radius 3 is 2.44 bits per heavy atom. The number of anilines is 1. The number of benzene rings is 2. The van der Waals surface area contributed by atoms with Crippen LogP contribution in [0, 0.1) is 0 Å². The Labute approximate surface area is 156 Å². The number of amides is 1. The van der Waals surface area contributed by atoms with E-state index in [0.717, 1.165) is 6.08 Å². The molecule has 2 N–H and O–H groups in total. The van der Waals surface area contributed by atoms with Crippen LogP contribution in [0.3, 0.4) is 0 Å². The fraction of sp³-hybridized carbons (Fsp3) is 0.150. The molecular formula is C20H19NO6. The van der Waals surface area contributed by atoms with Crippen molar-refractivity contribution in [2.45, 2.75) is 6.92 Å². The molecule has 7 nitrogen and oxygen atoms in total. The molecular weight excluding hydrogens is 350 g/mol. The van der Waals surface area contributed by atoms with Crippen molar-refractivity contribution in [3.8, 4) is 5.75 Å². The smallest absolute Gasteiger partial charge is 0.338 e. The molecule has 0 unspecified atom stereocenters. The maximum Gasteiger partial charge on any atom is 0.338 e. The van der Waals surface area contributed by atoms with Gasteiger partial charge in [-0.25, -0.2) is 9.59 Å². The van der Waals surface area contributed by atoms with E-state index < -0.39 is 17.8 Å². The quantitative estimate of drug-likeness (QED) is 0.548. The van der Waals surface area contributed by atoms with Crippen LogP contribution in [0.25, 0.3) is 6.08 Å². The van der Waals surface area contributed by atoms with Crippen molar-refractivity contribution in [2.75, 3.05) is 18.5 Å². The predicted molar refractivity (Wildman–Crippen MR) is 99.6 cm³/mol. The lowest BCUT2D eigenvalue weighted by Gasteiger charge is -2.10. The summed E-state index contributed by atoms with van der Waals surface area (Å²) in [6.45, 7) is 1.76. The Kier molecular flexibility index (Phi) is 7.13. The maximum atomic E-state index is 12.0. The summed E-state index contributed by atoms with van der Waals surface area (Å²) in [7, 11) is 0. The second-order valence-electron chi connectivity index (χ2n) is 5.34. The predicted octanol–water partition coefficient (Wildman–Crippen LogP) is 2.98. The van der Waals surface area contributed by atoms with Gasteiger partial charge >= 0.3 is 11.9 Å². The number of aliphatic carboxylic acids is 1. The van der Waals surface area contributed by atoms with Crippen molar-refractivity contribution in [1.29, 1.82) is 0 Å². The molecule has 0 aromatic heterocycles. The Hall–Kier alpha value is -3.61. The number of hydrogen-bond acceptors (Lipinski definition) is 5. The van der Waals surface area contributed by atoms with Crippen LogP contribution in [0.4, 0.5) is 5.69 Å². The lowest BCUT2D eigenvalue weighted by atomic mass is 10.2. The molecule has 27 heavy (non-hydrogen) atoms. The van der Waals surface area contributed by atoms with Crippen LogP contribution in [0.5, 0.6) is 5.75 Å². The van der Waals surface area contributed by atoms with E-state index in [-0.39, 0.29) is 13.2 Å². The van der Waals surface area contributed by atoms with E-state index >= 15 is 0 Å². The van der Waals surface area contributed by atoms with Crippen LogP contribution < -0.4 is 10.1 Å². The molecule has 0 aliphatic rings. The fourth-order valence-corrected chi connectivity index (χ4v) is 2.16. The Morgan fingerprint density at radius 1 is 1.07 bits per heavy atom. The highest BCUT2D eigenvalue weighted by Gasteiger charge is 2.08. The van der Waals surface area contributed by atoms with Gasteiger partial charge < -0.3 is 19.9 Å². The minimum absolute atomic E-state index is 0.252. The van der Waals surface area contributed by atoms with Crippen molar-refractivity contribution in [3.63, 3.8) is 0 Å². The Morgan fingerprint density at radius 2 is 1.78 bits per heavy atom. The van der Waals surface area contributed by atoms with Crippen LogP contribution >= 0.6 is 0 Å². The number of nitrogens with one attached hydrogen (secondary N) is 1. The molecule has 0 bridgehead atoms. The topological polar surface area (TPSA) is 102 Å². The zero-order chi connectivity index (χ0) is 19.6. The van der Waals surface area contributed by atoms with Crippen LogP contribution in [-0.4, -0.2) is 36.2 Å². The van der Waals surface area contributed by atoms with Crippen LogP contribution in [0.15, 0.2) is 54.6 Å². The van der Waals surface area contributed by atoms with Gasteiger partial charge in [0.2, 0.25) is 0 Å². The monoisotopic (exact) mass is 369 g/mol. The molecule has 0 spiro atoms. The third-order valence-corrected chi connectivity index (χ3v) is 3.36. The van der Waals surface area contributed by atoms with E-state index in [1.54, 1.807) is 55.5 Å². The van der Waals surface area contributed by atoms with Crippen molar-refractivity contribution < 1.29 is 29.0 Å². The highest BCUT2D eigenvalue weighted by molar-refractivity contribution is 5.93. The van der Waals surface area contributed by atoms with Gasteiger partial charge in [-0.1, -0.05) is 18.2 Å². The number of carbonyl (C=O) groups excluding carboxylic acids is 2. The number of carboxylic acid groups (broad SMARTS) is 1. The van der Waals surface area contributed by atoms with Gasteiger partial charge in [0.25, 0.3) is 5.91 Å². The molecule has 7 heteroatoms. The SMILES string of the molecule is CCOC(=O)c1ccc(NC(=O)COc2ccccc2/C=C/C(=O)O)cc1. The van der Waals surface area contributed by atoms with Crippen LogP contribution in [0.1, 0.15) is 22.8 Å². The summed E-state index contributed by atoms with van der Waals surface area (Å²) >= 11 is 0. The van der Waals surface area contributed by atoms with Crippen LogP contribution in [0.2, 0.25) is 0 Å². The van der Waals surface area contributed by atoms with Crippen molar-refractivity contribution in [1.82, 2.24) is 0 Å². The summed E-state index contributed by atoms with van der Waals surface area (Å²) in [5.41, 5.74) is 1.45. The standard InChI is InChI=1S/C20H19NO6/c1-2-26-20(25)15-7-10-16(11-8-15)21-18(22)13-27-17-6-4-3-5-14(17)9-12-19(23)24/h3-12H,2,13H2,1H3,(H,21,22)(H,23,24)/b12-9+. The molecule has 0 aliphatic heterocycles. The fourth-order valence-electron chi connectivity index (χ4n) is 2.16. The highest BCUT2D eigenvalue weighted by Crippen LogP contribution is 2.19.